The van der Waals surface area contributed by atoms with E-state index in [0.29, 0.717) is 5.56 Å². The predicted molar refractivity (Wildman–Crippen MR) is 97.7 cm³/mol. The second-order valence-electron chi connectivity index (χ2n) is 6.22. The molecule has 0 amide bonds. The third-order valence-electron chi connectivity index (χ3n) is 4.17. The number of aryl methyl sites for hydroxylation is 2. The maximum absolute atomic E-state index is 13.8. The summed E-state index contributed by atoms with van der Waals surface area (Å²) in [6, 6.07) is 8.80. The number of nitrogens with zero attached hydrogens (tertiary/aromatic N) is 1. The van der Waals surface area contributed by atoms with Crippen molar-refractivity contribution < 1.29 is 26.7 Å². The summed E-state index contributed by atoms with van der Waals surface area (Å²) in [5, 5.41) is 0. The predicted octanol–water partition coefficient (Wildman–Crippen LogP) is 3.39. The van der Waals surface area contributed by atoms with Crippen LogP contribution in [0.4, 0.5) is 8.78 Å². The summed E-state index contributed by atoms with van der Waals surface area (Å²) < 4.78 is 64.9. The minimum atomic E-state index is -3.91. The van der Waals surface area contributed by atoms with Gasteiger partial charge in [-0.15, -0.1) is 0 Å². The molecule has 0 unspecified atom stereocenters. The van der Waals surface area contributed by atoms with E-state index in [9.17, 15) is 17.2 Å². The smallest absolute Gasteiger partial charge is 0.243 e. The fourth-order valence-corrected chi connectivity index (χ4v) is 4.03. The van der Waals surface area contributed by atoms with E-state index in [2.05, 4.69) is 0 Å². The molecule has 5 nitrogen and oxygen atoms in total. The summed E-state index contributed by atoms with van der Waals surface area (Å²) in [4.78, 5) is 0.0957. The van der Waals surface area contributed by atoms with Crippen LogP contribution in [0.2, 0.25) is 0 Å². The van der Waals surface area contributed by atoms with Gasteiger partial charge in [0.15, 0.2) is 17.9 Å². The highest BCUT2D eigenvalue weighted by molar-refractivity contribution is 7.89. The van der Waals surface area contributed by atoms with Crippen molar-refractivity contribution in [3.05, 3.63) is 64.7 Å². The van der Waals surface area contributed by atoms with Crippen LogP contribution in [-0.2, 0) is 26.0 Å². The summed E-state index contributed by atoms with van der Waals surface area (Å²) in [5.41, 5.74) is 1.35. The zero-order chi connectivity index (χ0) is 20.2. The lowest BCUT2D eigenvalue weighted by molar-refractivity contribution is -0.108. The van der Waals surface area contributed by atoms with E-state index < -0.39 is 27.9 Å². The maximum Gasteiger partial charge on any atom is 0.243 e. The summed E-state index contributed by atoms with van der Waals surface area (Å²) in [7, 11) is -1.12. The number of ether oxygens (including phenoxy) is 2. The van der Waals surface area contributed by atoms with Crippen molar-refractivity contribution in [1.29, 1.82) is 0 Å². The fraction of sp³-hybridized carbons (Fsp3) is 0.368. The molecular weight excluding hydrogens is 376 g/mol. The first-order valence-corrected chi connectivity index (χ1v) is 9.70. The molecule has 27 heavy (non-hydrogen) atoms. The van der Waals surface area contributed by atoms with Gasteiger partial charge in [-0.05, 0) is 43.2 Å². The van der Waals surface area contributed by atoms with Gasteiger partial charge in [0.25, 0.3) is 0 Å². The Morgan fingerprint density at radius 3 is 2.15 bits per heavy atom. The van der Waals surface area contributed by atoms with Gasteiger partial charge in [0.2, 0.25) is 10.0 Å². The van der Waals surface area contributed by atoms with Gasteiger partial charge in [0.05, 0.1) is 11.4 Å². The van der Waals surface area contributed by atoms with Crippen LogP contribution in [0.15, 0.2) is 41.3 Å². The van der Waals surface area contributed by atoms with Crippen LogP contribution in [-0.4, -0.2) is 39.8 Å². The first kappa shape index (κ1) is 21.4. The van der Waals surface area contributed by atoms with Gasteiger partial charge >= 0.3 is 0 Å². The molecular formula is C19H23F2NO4S. The quantitative estimate of drug-likeness (QED) is 0.639. The first-order valence-electron chi connectivity index (χ1n) is 8.26. The summed E-state index contributed by atoms with van der Waals surface area (Å²) >= 11 is 0. The van der Waals surface area contributed by atoms with Gasteiger partial charge in [-0.1, -0.05) is 23.8 Å². The van der Waals surface area contributed by atoms with Gasteiger partial charge in [-0.3, -0.25) is 0 Å². The van der Waals surface area contributed by atoms with Crippen molar-refractivity contribution in [2.24, 2.45) is 0 Å². The van der Waals surface area contributed by atoms with Crippen LogP contribution in [0.5, 0.6) is 0 Å². The highest BCUT2D eigenvalue weighted by atomic mass is 32.2. The molecule has 0 saturated carbocycles. The van der Waals surface area contributed by atoms with E-state index >= 15 is 0 Å². The Morgan fingerprint density at radius 1 is 1.04 bits per heavy atom. The van der Waals surface area contributed by atoms with E-state index in [-0.39, 0.29) is 23.5 Å². The van der Waals surface area contributed by atoms with Crippen LogP contribution < -0.4 is 0 Å². The molecule has 0 saturated heterocycles. The van der Waals surface area contributed by atoms with Crippen molar-refractivity contribution in [1.82, 2.24) is 4.31 Å². The third-order valence-corrected chi connectivity index (χ3v) is 5.99. The Balaban J connectivity index is 2.43. The van der Waals surface area contributed by atoms with E-state index in [1.807, 2.05) is 6.92 Å². The molecule has 2 aromatic rings. The second kappa shape index (κ2) is 8.88. The lowest BCUT2D eigenvalue weighted by Gasteiger charge is -2.26. The van der Waals surface area contributed by atoms with Crippen molar-refractivity contribution in [3.63, 3.8) is 0 Å². The first-order chi connectivity index (χ1) is 12.7. The largest absolute Gasteiger partial charge is 0.354 e. The van der Waals surface area contributed by atoms with Crippen LogP contribution in [0.3, 0.4) is 0 Å². The number of benzene rings is 2. The van der Waals surface area contributed by atoms with Crippen LogP contribution in [0.1, 0.15) is 16.7 Å². The average Bonchev–Trinajstić information content (AvgIpc) is 2.63. The highest BCUT2D eigenvalue weighted by Crippen LogP contribution is 2.22. The Kier molecular flexibility index (Phi) is 7.05. The Labute approximate surface area is 158 Å². The normalized spacial score (nSPS) is 12.1. The molecule has 0 heterocycles. The van der Waals surface area contributed by atoms with Gasteiger partial charge in [-0.2, -0.15) is 4.31 Å². The Morgan fingerprint density at radius 2 is 1.63 bits per heavy atom. The van der Waals surface area contributed by atoms with Gasteiger partial charge in [-0.25, -0.2) is 17.2 Å². The molecule has 0 aliphatic carbocycles. The standard InChI is InChI=1S/C19H23F2NO4S/c1-13-5-7-16(8-6-13)27(23,24)22(12-18(25-3)26-4)11-15-9-14(2)19(21)17(20)10-15/h5-10,18H,11-12H2,1-4H3. The van der Waals surface area contributed by atoms with Gasteiger partial charge in [0.1, 0.15) is 0 Å². The molecule has 8 heteroatoms. The van der Waals surface area contributed by atoms with Gasteiger partial charge < -0.3 is 9.47 Å². The minimum absolute atomic E-state index is 0.0957. The van der Waals surface area contributed by atoms with Crippen LogP contribution in [0.25, 0.3) is 0 Å². The number of hydrogen-bond donors (Lipinski definition) is 0. The molecule has 0 N–H and O–H groups in total. The van der Waals surface area contributed by atoms with Crippen molar-refractivity contribution in [3.8, 4) is 0 Å². The van der Waals surface area contributed by atoms with Crippen molar-refractivity contribution in [2.75, 3.05) is 20.8 Å². The lowest BCUT2D eigenvalue weighted by Crippen LogP contribution is -2.38. The molecule has 0 aliphatic rings. The monoisotopic (exact) mass is 399 g/mol. The minimum Gasteiger partial charge on any atom is -0.354 e. The number of hydrogen-bond acceptors (Lipinski definition) is 4. The molecule has 0 spiro atoms. The topological polar surface area (TPSA) is 55.8 Å². The molecule has 0 atom stereocenters. The highest BCUT2D eigenvalue weighted by Gasteiger charge is 2.28. The van der Waals surface area contributed by atoms with Gasteiger partial charge in [0, 0.05) is 20.8 Å². The molecule has 2 rings (SSSR count). The number of rotatable bonds is 8. The van der Waals surface area contributed by atoms with E-state index in [4.69, 9.17) is 9.47 Å². The average molecular weight is 399 g/mol. The summed E-state index contributed by atoms with van der Waals surface area (Å²) in [6.07, 6.45) is -0.809. The zero-order valence-corrected chi connectivity index (χ0v) is 16.5. The molecule has 0 fully saturated rings. The molecule has 0 aromatic heterocycles. The maximum atomic E-state index is 13.8. The summed E-state index contributed by atoms with van der Waals surface area (Å²) in [6.45, 7) is 3.01. The SMILES string of the molecule is COC(CN(Cc1cc(C)c(F)c(F)c1)S(=O)(=O)c1ccc(C)cc1)OC. The Bertz CT molecular complexity index is 858. The van der Waals surface area contributed by atoms with Crippen LogP contribution in [0, 0.1) is 25.5 Å². The second-order valence-corrected chi connectivity index (χ2v) is 8.16. The third kappa shape index (κ3) is 5.10. The molecule has 148 valence electrons. The fourth-order valence-electron chi connectivity index (χ4n) is 2.61. The number of halogens is 2. The summed E-state index contributed by atoms with van der Waals surface area (Å²) in [5.74, 6) is -1.97. The van der Waals surface area contributed by atoms with Crippen LogP contribution >= 0.6 is 0 Å². The van der Waals surface area contributed by atoms with E-state index in [1.165, 1.54) is 39.3 Å². The molecule has 0 aliphatic heterocycles. The Hall–Kier alpha value is -1.87. The van der Waals surface area contributed by atoms with E-state index in [1.54, 1.807) is 12.1 Å². The van der Waals surface area contributed by atoms with E-state index in [0.717, 1.165) is 15.9 Å². The zero-order valence-electron chi connectivity index (χ0n) is 15.7. The number of methoxy groups -OCH3 is 2. The number of sulfonamides is 1. The molecule has 0 radical (unpaired) electrons. The lowest BCUT2D eigenvalue weighted by atomic mass is 10.1. The molecule has 2 aromatic carbocycles. The van der Waals surface area contributed by atoms with Crippen molar-refractivity contribution >= 4 is 10.0 Å². The van der Waals surface area contributed by atoms with Crippen molar-refractivity contribution in [2.45, 2.75) is 31.6 Å². The molecule has 0 bridgehead atoms.